The average Bonchev–Trinajstić information content (AvgIpc) is 2.50. The Morgan fingerprint density at radius 1 is 1.19 bits per heavy atom. The third-order valence-electron chi connectivity index (χ3n) is 4.50. The van der Waals surface area contributed by atoms with Crippen molar-refractivity contribution in [3.63, 3.8) is 0 Å². The molecule has 0 aliphatic rings. The number of hydrogen-bond acceptors (Lipinski definition) is 2. The lowest BCUT2D eigenvalue weighted by molar-refractivity contribution is -0.924. The van der Waals surface area contributed by atoms with E-state index in [4.69, 9.17) is 0 Å². The third kappa shape index (κ3) is 8.22. The number of aliphatic hydroxyl groups excluding tert-OH is 1. The highest BCUT2D eigenvalue weighted by Gasteiger charge is 2.23. The molecule has 0 saturated carbocycles. The van der Waals surface area contributed by atoms with Crippen LogP contribution >= 0.6 is 0 Å². The molecule has 0 aliphatic heterocycles. The van der Waals surface area contributed by atoms with Crippen molar-refractivity contribution in [2.75, 3.05) is 46.4 Å². The second kappa shape index (κ2) is 11.8. The van der Waals surface area contributed by atoms with Crippen molar-refractivity contribution in [2.45, 2.75) is 46.5 Å². The second-order valence-electron chi connectivity index (χ2n) is 5.78. The van der Waals surface area contributed by atoms with Crippen molar-refractivity contribution in [2.24, 2.45) is 0 Å². The van der Waals surface area contributed by atoms with Crippen LogP contribution in [-0.2, 0) is 4.79 Å². The normalized spacial score (nSPS) is 12.0. The zero-order valence-corrected chi connectivity index (χ0v) is 14.5. The van der Waals surface area contributed by atoms with Crippen LogP contribution in [0.15, 0.2) is 12.2 Å². The molecule has 21 heavy (non-hydrogen) atoms. The molecule has 1 amide bonds. The van der Waals surface area contributed by atoms with Gasteiger partial charge in [-0.05, 0) is 40.0 Å². The van der Waals surface area contributed by atoms with Crippen LogP contribution in [0.3, 0.4) is 0 Å². The van der Waals surface area contributed by atoms with Crippen LogP contribution in [0, 0.1) is 0 Å². The van der Waals surface area contributed by atoms with Crippen molar-refractivity contribution < 1.29 is 14.4 Å². The Balaban J connectivity index is 4.10. The molecule has 4 nitrogen and oxygen atoms in total. The van der Waals surface area contributed by atoms with Crippen LogP contribution < -0.4 is 0 Å². The first-order valence-corrected chi connectivity index (χ1v) is 8.36. The van der Waals surface area contributed by atoms with Crippen LogP contribution in [-0.4, -0.2) is 66.8 Å². The standard InChI is InChI=1S/C17H35N2O2/c1-5-8-9-10-11-12-17(21)18(4)13-14-19(6-2,7-3)15-16-20/h5,8,20H,6-7,9-16H2,1-4H3/q+1/b8-5+. The molecule has 0 rings (SSSR count). The molecule has 124 valence electrons. The highest BCUT2D eigenvalue weighted by Crippen LogP contribution is 2.08. The van der Waals surface area contributed by atoms with E-state index < -0.39 is 0 Å². The first-order chi connectivity index (χ1) is 10.0. The molecular formula is C17H35N2O2+. The van der Waals surface area contributed by atoms with E-state index in [1.165, 1.54) is 0 Å². The van der Waals surface area contributed by atoms with E-state index in [0.29, 0.717) is 6.42 Å². The molecule has 0 aromatic rings. The van der Waals surface area contributed by atoms with Crippen LogP contribution in [0.2, 0.25) is 0 Å². The van der Waals surface area contributed by atoms with Gasteiger partial charge in [-0.25, -0.2) is 0 Å². The maximum absolute atomic E-state index is 12.1. The van der Waals surface area contributed by atoms with E-state index >= 15 is 0 Å². The number of nitrogens with zero attached hydrogens (tertiary/aromatic N) is 2. The van der Waals surface area contributed by atoms with Gasteiger partial charge in [-0.3, -0.25) is 4.79 Å². The molecule has 0 aliphatic carbocycles. The minimum absolute atomic E-state index is 0.213. The first kappa shape index (κ1) is 20.1. The van der Waals surface area contributed by atoms with Gasteiger partial charge in [-0.1, -0.05) is 12.2 Å². The lowest BCUT2D eigenvalue weighted by Crippen LogP contribution is -2.53. The highest BCUT2D eigenvalue weighted by molar-refractivity contribution is 5.75. The molecule has 0 saturated heterocycles. The minimum Gasteiger partial charge on any atom is -0.391 e. The van der Waals surface area contributed by atoms with Crippen molar-refractivity contribution in [3.05, 3.63) is 12.2 Å². The van der Waals surface area contributed by atoms with Gasteiger partial charge in [0.25, 0.3) is 0 Å². The van der Waals surface area contributed by atoms with Gasteiger partial charge in [-0.2, -0.15) is 0 Å². The molecule has 4 heteroatoms. The summed E-state index contributed by atoms with van der Waals surface area (Å²) in [5.41, 5.74) is 0. The number of carbonyl (C=O) groups excluding carboxylic acids is 1. The Labute approximate surface area is 131 Å². The number of quaternary nitrogens is 1. The van der Waals surface area contributed by atoms with Crippen LogP contribution in [0.25, 0.3) is 0 Å². The van der Waals surface area contributed by atoms with Gasteiger partial charge in [-0.15, -0.1) is 0 Å². The second-order valence-corrected chi connectivity index (χ2v) is 5.78. The number of carbonyl (C=O) groups is 1. The Bertz CT molecular complexity index is 299. The number of likely N-dealkylation sites (N-methyl/N-ethyl adjacent to an activating group) is 2. The Hall–Kier alpha value is -0.870. The summed E-state index contributed by atoms with van der Waals surface area (Å²) in [6, 6.07) is 0. The SMILES string of the molecule is C/C=C/CCCCC(=O)N(C)CC[N+](CC)(CC)CCO. The smallest absolute Gasteiger partial charge is 0.222 e. The number of unbranched alkanes of at least 4 members (excludes halogenated alkanes) is 2. The first-order valence-electron chi connectivity index (χ1n) is 8.36. The van der Waals surface area contributed by atoms with Gasteiger partial charge in [0.1, 0.15) is 6.54 Å². The lowest BCUT2D eigenvalue weighted by atomic mass is 10.1. The van der Waals surface area contributed by atoms with Gasteiger partial charge >= 0.3 is 0 Å². The van der Waals surface area contributed by atoms with Crippen LogP contribution in [0.4, 0.5) is 0 Å². The molecule has 0 aromatic carbocycles. The largest absolute Gasteiger partial charge is 0.391 e. The summed E-state index contributed by atoms with van der Waals surface area (Å²) in [4.78, 5) is 13.9. The summed E-state index contributed by atoms with van der Waals surface area (Å²) >= 11 is 0. The van der Waals surface area contributed by atoms with E-state index in [1.807, 2.05) is 18.9 Å². The predicted octanol–water partition coefficient (Wildman–Crippen LogP) is 2.43. The van der Waals surface area contributed by atoms with Gasteiger partial charge in [0, 0.05) is 13.5 Å². The number of rotatable bonds is 12. The molecule has 0 heterocycles. The monoisotopic (exact) mass is 299 g/mol. The average molecular weight is 299 g/mol. The molecule has 0 atom stereocenters. The van der Waals surface area contributed by atoms with E-state index in [9.17, 15) is 9.90 Å². The van der Waals surface area contributed by atoms with E-state index in [0.717, 1.165) is 56.5 Å². The molecule has 0 bridgehead atoms. The number of amides is 1. The number of allylic oxidation sites excluding steroid dienone is 2. The van der Waals surface area contributed by atoms with E-state index in [-0.39, 0.29) is 12.5 Å². The summed E-state index contributed by atoms with van der Waals surface area (Å²) in [5, 5.41) is 9.22. The predicted molar refractivity (Wildman–Crippen MR) is 89.1 cm³/mol. The fraction of sp³-hybridized carbons (Fsp3) is 0.824. The van der Waals surface area contributed by atoms with Crippen LogP contribution in [0.5, 0.6) is 0 Å². The Morgan fingerprint density at radius 2 is 1.86 bits per heavy atom. The van der Waals surface area contributed by atoms with Crippen molar-refractivity contribution in [1.82, 2.24) is 4.90 Å². The zero-order chi connectivity index (χ0) is 16.1. The molecular weight excluding hydrogens is 264 g/mol. The molecule has 0 fully saturated rings. The Morgan fingerprint density at radius 3 is 2.38 bits per heavy atom. The van der Waals surface area contributed by atoms with Crippen molar-refractivity contribution >= 4 is 5.91 Å². The molecule has 0 unspecified atom stereocenters. The highest BCUT2D eigenvalue weighted by atomic mass is 16.3. The van der Waals surface area contributed by atoms with Gasteiger partial charge in [0.05, 0.1) is 32.8 Å². The van der Waals surface area contributed by atoms with Gasteiger partial charge in [0.15, 0.2) is 0 Å². The van der Waals surface area contributed by atoms with Gasteiger partial charge < -0.3 is 14.5 Å². The van der Waals surface area contributed by atoms with Crippen molar-refractivity contribution in [1.29, 1.82) is 0 Å². The minimum atomic E-state index is 0.213. The summed E-state index contributed by atoms with van der Waals surface area (Å²) in [7, 11) is 1.90. The van der Waals surface area contributed by atoms with Crippen molar-refractivity contribution in [3.8, 4) is 0 Å². The fourth-order valence-corrected chi connectivity index (χ4v) is 2.56. The van der Waals surface area contributed by atoms with E-state index in [1.54, 1.807) is 0 Å². The fourth-order valence-electron chi connectivity index (χ4n) is 2.56. The quantitative estimate of drug-likeness (QED) is 0.341. The Kier molecular flexibility index (Phi) is 11.3. The number of hydrogen-bond donors (Lipinski definition) is 1. The third-order valence-corrected chi connectivity index (χ3v) is 4.50. The summed E-state index contributed by atoms with van der Waals surface area (Å²) < 4.78 is 0.884. The zero-order valence-electron chi connectivity index (χ0n) is 14.5. The maximum atomic E-state index is 12.1. The molecule has 0 aromatic heterocycles. The molecule has 1 N–H and O–H groups in total. The lowest BCUT2D eigenvalue weighted by Gasteiger charge is -2.37. The van der Waals surface area contributed by atoms with Gasteiger partial charge in [0.2, 0.25) is 5.91 Å². The number of aliphatic hydroxyl groups is 1. The van der Waals surface area contributed by atoms with Crippen LogP contribution in [0.1, 0.15) is 46.5 Å². The summed E-state index contributed by atoms with van der Waals surface area (Å²) in [6.07, 6.45) is 7.96. The molecule has 0 radical (unpaired) electrons. The topological polar surface area (TPSA) is 40.5 Å². The summed E-state index contributed by atoms with van der Waals surface area (Å²) in [6.45, 7) is 11.0. The summed E-state index contributed by atoms with van der Waals surface area (Å²) in [5.74, 6) is 0.241. The maximum Gasteiger partial charge on any atom is 0.222 e. The van der Waals surface area contributed by atoms with E-state index in [2.05, 4.69) is 26.0 Å². The molecule has 0 spiro atoms.